The average molecular weight is 146 g/mol. The van der Waals surface area contributed by atoms with Crippen LogP contribution >= 0.6 is 0 Å². The van der Waals surface area contributed by atoms with Crippen molar-refractivity contribution >= 4 is 5.97 Å². The van der Waals surface area contributed by atoms with Gasteiger partial charge >= 0.3 is 5.97 Å². The first-order valence-corrected chi connectivity index (χ1v) is 2.73. The van der Waals surface area contributed by atoms with Crippen molar-refractivity contribution in [2.24, 2.45) is 0 Å². The number of hydrogen-bond donors (Lipinski definition) is 0. The number of rotatable bonds is 4. The number of ether oxygens (including phenoxy) is 1. The Morgan fingerprint density at radius 2 is 2.30 bits per heavy atom. The van der Waals surface area contributed by atoms with Crippen LogP contribution in [0, 0.1) is 0 Å². The van der Waals surface area contributed by atoms with E-state index in [4.69, 9.17) is 0 Å². The molecule has 0 aliphatic carbocycles. The maximum absolute atomic E-state index is 10.3. The van der Waals surface area contributed by atoms with Gasteiger partial charge in [0.2, 0.25) is 0 Å². The Morgan fingerprint density at radius 1 is 1.70 bits per heavy atom. The van der Waals surface area contributed by atoms with E-state index in [1.807, 2.05) is 0 Å². The van der Waals surface area contributed by atoms with E-state index in [0.29, 0.717) is 0 Å². The van der Waals surface area contributed by atoms with Crippen LogP contribution in [0.1, 0.15) is 6.92 Å². The zero-order valence-corrected chi connectivity index (χ0v) is 5.99. The predicted octanol–water partition coefficient (Wildman–Crippen LogP) is 0.640. The van der Waals surface area contributed by atoms with Crippen molar-refractivity contribution in [3.63, 3.8) is 0 Å². The highest BCUT2D eigenvalue weighted by Gasteiger charge is 2.02. The van der Waals surface area contributed by atoms with Gasteiger partial charge in [-0.15, -0.1) is 0 Å². The number of carbonyl (C=O) groups is 1. The molecule has 0 heterocycles. The topological polar surface area (TPSA) is 44.8 Å². The van der Waals surface area contributed by atoms with Gasteiger partial charge in [0.1, 0.15) is 0 Å². The molecule has 0 rings (SSSR count). The normalized spacial score (nSPS) is 12.2. The summed E-state index contributed by atoms with van der Waals surface area (Å²) in [6.45, 7) is 4.76. The van der Waals surface area contributed by atoms with Crippen molar-refractivity contribution in [1.29, 1.82) is 0 Å². The van der Waals surface area contributed by atoms with Crippen LogP contribution < -0.4 is 0 Å². The Labute approximate surface area is 59.3 Å². The Morgan fingerprint density at radius 3 is 2.70 bits per heavy atom. The second kappa shape index (κ2) is 4.96. The molecule has 0 fully saturated rings. The third kappa shape index (κ3) is 4.05. The Hall–Kier alpha value is -0.870. The van der Waals surface area contributed by atoms with E-state index in [-0.39, 0.29) is 0 Å². The lowest BCUT2D eigenvalue weighted by Crippen LogP contribution is -2.13. The average Bonchev–Trinajstić information content (AvgIpc) is 1.99. The molecule has 1 unspecified atom stereocenters. The quantitative estimate of drug-likeness (QED) is 0.252. The molecule has 0 aromatic carbocycles. The van der Waals surface area contributed by atoms with Crippen LogP contribution in [0.15, 0.2) is 12.7 Å². The van der Waals surface area contributed by atoms with Gasteiger partial charge in [0.05, 0.1) is 0 Å². The SMILES string of the molecule is C=CC(=O)OOC(C)OC. The van der Waals surface area contributed by atoms with Gasteiger partial charge in [-0.25, -0.2) is 4.79 Å². The summed E-state index contributed by atoms with van der Waals surface area (Å²) < 4.78 is 4.61. The fraction of sp³-hybridized carbons (Fsp3) is 0.500. The molecule has 0 saturated carbocycles. The molecule has 4 heteroatoms. The summed E-state index contributed by atoms with van der Waals surface area (Å²) in [5.74, 6) is -0.635. The van der Waals surface area contributed by atoms with Crippen molar-refractivity contribution in [3.05, 3.63) is 12.7 Å². The summed E-state index contributed by atoms with van der Waals surface area (Å²) in [5.41, 5.74) is 0. The molecule has 4 nitrogen and oxygen atoms in total. The van der Waals surface area contributed by atoms with Crippen LogP contribution in [0.3, 0.4) is 0 Å². The zero-order valence-electron chi connectivity index (χ0n) is 5.99. The summed E-state index contributed by atoms with van der Waals surface area (Å²) >= 11 is 0. The first-order chi connectivity index (χ1) is 4.70. The third-order valence-corrected chi connectivity index (χ3v) is 0.764. The Bertz CT molecular complexity index is 121. The maximum Gasteiger partial charge on any atom is 0.365 e. The van der Waals surface area contributed by atoms with Gasteiger partial charge in [0, 0.05) is 13.2 Å². The first-order valence-electron chi connectivity index (χ1n) is 2.73. The van der Waals surface area contributed by atoms with E-state index in [0.717, 1.165) is 6.08 Å². The molecule has 0 aromatic heterocycles. The van der Waals surface area contributed by atoms with E-state index in [2.05, 4.69) is 21.1 Å². The standard InChI is InChI=1S/C6H10O4/c1-4-6(7)10-9-5(2)8-3/h4-5H,1H2,2-3H3. The van der Waals surface area contributed by atoms with Gasteiger partial charge in [0.25, 0.3) is 0 Å². The molecule has 0 amide bonds. The minimum Gasteiger partial charge on any atom is -0.352 e. The summed E-state index contributed by atoms with van der Waals surface area (Å²) in [7, 11) is 1.44. The number of hydrogen-bond acceptors (Lipinski definition) is 4. The van der Waals surface area contributed by atoms with Gasteiger partial charge in [0.15, 0.2) is 6.29 Å². The lowest BCUT2D eigenvalue weighted by atomic mass is 10.7. The molecule has 0 N–H and O–H groups in total. The van der Waals surface area contributed by atoms with Crippen LogP contribution in [-0.2, 0) is 19.3 Å². The van der Waals surface area contributed by atoms with Gasteiger partial charge in [-0.1, -0.05) is 6.58 Å². The second-order valence-corrected chi connectivity index (χ2v) is 1.51. The summed E-state index contributed by atoms with van der Waals surface area (Å²) in [6, 6.07) is 0. The van der Waals surface area contributed by atoms with Crippen LogP contribution in [0.5, 0.6) is 0 Å². The number of methoxy groups -OCH3 is 1. The Kier molecular flexibility index (Phi) is 4.53. The van der Waals surface area contributed by atoms with Crippen LogP contribution in [-0.4, -0.2) is 19.4 Å². The zero-order chi connectivity index (χ0) is 7.98. The van der Waals surface area contributed by atoms with E-state index in [1.54, 1.807) is 6.92 Å². The first kappa shape index (κ1) is 9.13. The van der Waals surface area contributed by atoms with Gasteiger partial charge in [-0.05, 0) is 6.92 Å². The minimum atomic E-state index is -0.635. The molecule has 0 bridgehead atoms. The number of carbonyl (C=O) groups excluding carboxylic acids is 1. The van der Waals surface area contributed by atoms with Gasteiger partial charge in [-0.2, -0.15) is 4.89 Å². The lowest BCUT2D eigenvalue weighted by Gasteiger charge is -2.06. The Balaban J connectivity index is 3.34. The highest BCUT2D eigenvalue weighted by molar-refractivity contribution is 5.80. The van der Waals surface area contributed by atoms with Crippen molar-refractivity contribution in [2.45, 2.75) is 13.2 Å². The molecular weight excluding hydrogens is 136 g/mol. The van der Waals surface area contributed by atoms with Crippen molar-refractivity contribution in [3.8, 4) is 0 Å². The lowest BCUT2D eigenvalue weighted by molar-refractivity contribution is -0.339. The summed E-state index contributed by atoms with van der Waals surface area (Å²) in [6.07, 6.45) is 0.450. The monoisotopic (exact) mass is 146 g/mol. The third-order valence-electron chi connectivity index (χ3n) is 0.764. The van der Waals surface area contributed by atoms with E-state index in [1.165, 1.54) is 7.11 Å². The highest BCUT2D eigenvalue weighted by Crippen LogP contribution is 1.91. The van der Waals surface area contributed by atoms with E-state index >= 15 is 0 Å². The molecular formula is C6H10O4. The van der Waals surface area contributed by atoms with Crippen molar-refractivity contribution < 1.29 is 19.3 Å². The largest absolute Gasteiger partial charge is 0.365 e. The fourth-order valence-electron chi connectivity index (χ4n) is 0.188. The van der Waals surface area contributed by atoms with Crippen molar-refractivity contribution in [1.82, 2.24) is 0 Å². The second-order valence-electron chi connectivity index (χ2n) is 1.51. The molecule has 58 valence electrons. The van der Waals surface area contributed by atoms with Gasteiger partial charge < -0.3 is 4.74 Å². The molecule has 1 atom stereocenters. The van der Waals surface area contributed by atoms with Crippen LogP contribution in [0.2, 0.25) is 0 Å². The molecule has 10 heavy (non-hydrogen) atoms. The van der Waals surface area contributed by atoms with Gasteiger partial charge in [-0.3, -0.25) is 4.89 Å². The highest BCUT2D eigenvalue weighted by atomic mass is 17.2. The fourth-order valence-corrected chi connectivity index (χ4v) is 0.188. The molecule has 0 aliphatic rings. The van der Waals surface area contributed by atoms with Crippen LogP contribution in [0.4, 0.5) is 0 Å². The van der Waals surface area contributed by atoms with Crippen molar-refractivity contribution in [2.75, 3.05) is 7.11 Å². The predicted molar refractivity (Wildman–Crippen MR) is 33.8 cm³/mol. The summed E-state index contributed by atoms with van der Waals surface area (Å²) in [5, 5.41) is 0. The molecule has 0 spiro atoms. The summed E-state index contributed by atoms with van der Waals surface area (Å²) in [4.78, 5) is 18.9. The van der Waals surface area contributed by atoms with E-state index < -0.39 is 12.3 Å². The minimum absolute atomic E-state index is 0.552. The molecule has 0 aromatic rings. The smallest absolute Gasteiger partial charge is 0.352 e. The van der Waals surface area contributed by atoms with Crippen LogP contribution in [0.25, 0.3) is 0 Å². The maximum atomic E-state index is 10.3. The molecule has 0 radical (unpaired) electrons. The van der Waals surface area contributed by atoms with E-state index in [9.17, 15) is 4.79 Å². The molecule has 0 saturated heterocycles. The molecule has 0 aliphatic heterocycles.